The van der Waals surface area contributed by atoms with E-state index in [1.807, 2.05) is 13.0 Å². The third kappa shape index (κ3) is 7.32. The molecule has 29 heavy (non-hydrogen) atoms. The first kappa shape index (κ1) is 22.1. The summed E-state index contributed by atoms with van der Waals surface area (Å²) in [5.74, 6) is 3.43. The van der Waals surface area contributed by atoms with Crippen LogP contribution in [-0.2, 0) is 9.47 Å². The Labute approximate surface area is 175 Å². The summed E-state index contributed by atoms with van der Waals surface area (Å²) in [4.78, 5) is 7.35. The number of aryl methyl sites for hydroxylation is 1. The van der Waals surface area contributed by atoms with Crippen LogP contribution >= 0.6 is 0 Å². The van der Waals surface area contributed by atoms with Crippen LogP contribution in [0.25, 0.3) is 0 Å². The van der Waals surface area contributed by atoms with Gasteiger partial charge in [-0.15, -0.1) is 0 Å². The summed E-state index contributed by atoms with van der Waals surface area (Å²) in [6.45, 7) is 12.0. The van der Waals surface area contributed by atoms with Crippen molar-refractivity contribution in [2.75, 3.05) is 59.2 Å². The van der Waals surface area contributed by atoms with Gasteiger partial charge < -0.3 is 24.5 Å². The zero-order valence-electron chi connectivity index (χ0n) is 18.1. The molecule has 2 unspecified atom stereocenters. The smallest absolute Gasteiger partial charge is 0.191 e. The minimum Gasteiger partial charge on any atom is -0.465 e. The fourth-order valence-corrected chi connectivity index (χ4v) is 3.94. The summed E-state index contributed by atoms with van der Waals surface area (Å²) < 4.78 is 17.1. The molecular weight excluding hydrogens is 368 g/mol. The van der Waals surface area contributed by atoms with E-state index >= 15 is 0 Å². The number of rotatable bonds is 11. The standard InChI is InChI=1S/C22H38N4O3/c1-3-23-22(24-10-6-13-27-16-19-9-14-28-17-19)25-15-20(26-11-4-5-12-26)21-8-7-18(2)29-21/h7-8,19-20H,3-6,9-17H2,1-2H3,(H2,23,24,25). The number of ether oxygens (including phenoxy) is 2. The van der Waals surface area contributed by atoms with Crippen LogP contribution < -0.4 is 10.6 Å². The van der Waals surface area contributed by atoms with Crippen molar-refractivity contribution in [2.24, 2.45) is 10.9 Å². The highest BCUT2D eigenvalue weighted by atomic mass is 16.5. The van der Waals surface area contributed by atoms with Gasteiger partial charge in [-0.2, -0.15) is 0 Å². The van der Waals surface area contributed by atoms with Crippen molar-refractivity contribution in [1.29, 1.82) is 0 Å². The van der Waals surface area contributed by atoms with E-state index in [2.05, 4.69) is 28.5 Å². The first-order valence-corrected chi connectivity index (χ1v) is 11.2. The molecule has 2 saturated heterocycles. The van der Waals surface area contributed by atoms with E-state index in [0.29, 0.717) is 12.5 Å². The van der Waals surface area contributed by atoms with Crippen molar-refractivity contribution in [3.8, 4) is 0 Å². The minimum absolute atomic E-state index is 0.207. The maximum absolute atomic E-state index is 5.94. The Hall–Kier alpha value is -1.57. The molecule has 2 aliphatic rings. The van der Waals surface area contributed by atoms with Crippen molar-refractivity contribution >= 4 is 5.96 Å². The fourth-order valence-electron chi connectivity index (χ4n) is 3.94. The van der Waals surface area contributed by atoms with Crippen LogP contribution in [0.1, 0.15) is 50.2 Å². The number of hydrogen-bond acceptors (Lipinski definition) is 5. The molecule has 0 saturated carbocycles. The average molecular weight is 407 g/mol. The van der Waals surface area contributed by atoms with E-state index < -0.39 is 0 Å². The summed E-state index contributed by atoms with van der Waals surface area (Å²) in [6.07, 6.45) is 4.60. The Morgan fingerprint density at radius 1 is 1.31 bits per heavy atom. The second-order valence-electron chi connectivity index (χ2n) is 8.01. The van der Waals surface area contributed by atoms with Crippen molar-refractivity contribution < 1.29 is 13.9 Å². The number of guanidine groups is 1. The van der Waals surface area contributed by atoms with Gasteiger partial charge in [0.1, 0.15) is 11.5 Å². The molecule has 2 fully saturated rings. The van der Waals surface area contributed by atoms with Gasteiger partial charge in [0.05, 0.1) is 25.8 Å². The highest BCUT2D eigenvalue weighted by Gasteiger charge is 2.25. The second-order valence-corrected chi connectivity index (χ2v) is 8.01. The maximum atomic E-state index is 5.94. The zero-order chi connectivity index (χ0) is 20.3. The molecule has 0 amide bonds. The Kier molecular flexibility index (Phi) is 9.31. The fraction of sp³-hybridized carbons (Fsp3) is 0.773. The number of furan rings is 1. The van der Waals surface area contributed by atoms with Crippen LogP contribution in [0.4, 0.5) is 0 Å². The highest BCUT2D eigenvalue weighted by Crippen LogP contribution is 2.26. The molecule has 3 rings (SSSR count). The Balaban J connectivity index is 1.44. The molecular formula is C22H38N4O3. The van der Waals surface area contributed by atoms with Gasteiger partial charge in [-0.25, -0.2) is 0 Å². The molecule has 7 nitrogen and oxygen atoms in total. The first-order chi connectivity index (χ1) is 14.3. The summed E-state index contributed by atoms with van der Waals surface area (Å²) in [6, 6.07) is 4.35. The van der Waals surface area contributed by atoms with E-state index in [-0.39, 0.29) is 6.04 Å². The lowest BCUT2D eigenvalue weighted by molar-refractivity contribution is 0.0888. The lowest BCUT2D eigenvalue weighted by Crippen LogP contribution is -2.39. The molecule has 0 spiro atoms. The number of nitrogens with one attached hydrogen (secondary N) is 2. The molecule has 164 valence electrons. The number of aliphatic imine (C=N–C) groups is 1. The lowest BCUT2D eigenvalue weighted by atomic mass is 10.1. The van der Waals surface area contributed by atoms with Gasteiger partial charge in [-0.3, -0.25) is 9.89 Å². The van der Waals surface area contributed by atoms with Crippen LogP contribution in [0.3, 0.4) is 0 Å². The van der Waals surface area contributed by atoms with Crippen LogP contribution in [0.2, 0.25) is 0 Å². The second kappa shape index (κ2) is 12.2. The Morgan fingerprint density at radius 2 is 2.17 bits per heavy atom. The van der Waals surface area contributed by atoms with E-state index in [4.69, 9.17) is 18.9 Å². The monoisotopic (exact) mass is 406 g/mol. The van der Waals surface area contributed by atoms with E-state index in [0.717, 1.165) is 82.9 Å². The topological polar surface area (TPSA) is 71.3 Å². The van der Waals surface area contributed by atoms with Crippen LogP contribution in [0.15, 0.2) is 21.5 Å². The van der Waals surface area contributed by atoms with Gasteiger partial charge >= 0.3 is 0 Å². The predicted molar refractivity (Wildman–Crippen MR) is 115 cm³/mol. The first-order valence-electron chi connectivity index (χ1n) is 11.2. The number of nitrogens with zero attached hydrogens (tertiary/aromatic N) is 2. The van der Waals surface area contributed by atoms with Gasteiger partial charge in [-0.1, -0.05) is 0 Å². The lowest BCUT2D eigenvalue weighted by Gasteiger charge is -2.24. The summed E-state index contributed by atoms with van der Waals surface area (Å²) >= 11 is 0. The number of hydrogen-bond donors (Lipinski definition) is 2. The van der Waals surface area contributed by atoms with Gasteiger partial charge in [0.2, 0.25) is 0 Å². The van der Waals surface area contributed by atoms with Crippen molar-refractivity contribution in [3.63, 3.8) is 0 Å². The molecule has 0 aliphatic carbocycles. The molecule has 3 heterocycles. The SMILES string of the molecule is CCNC(=NCC(c1ccc(C)o1)N1CCCC1)NCCCOCC1CCOC1. The third-order valence-electron chi connectivity index (χ3n) is 5.57. The van der Waals surface area contributed by atoms with Crippen molar-refractivity contribution in [1.82, 2.24) is 15.5 Å². The van der Waals surface area contributed by atoms with Gasteiger partial charge in [-0.05, 0) is 64.8 Å². The van der Waals surface area contributed by atoms with Crippen molar-refractivity contribution in [2.45, 2.75) is 45.6 Å². The predicted octanol–water partition coefficient (Wildman–Crippen LogP) is 2.72. The molecule has 7 heteroatoms. The van der Waals surface area contributed by atoms with E-state index in [1.165, 1.54) is 12.8 Å². The number of likely N-dealkylation sites (tertiary alicyclic amines) is 1. The Morgan fingerprint density at radius 3 is 2.86 bits per heavy atom. The maximum Gasteiger partial charge on any atom is 0.191 e. The van der Waals surface area contributed by atoms with E-state index in [9.17, 15) is 0 Å². The molecule has 0 radical (unpaired) electrons. The average Bonchev–Trinajstić information content (AvgIpc) is 3.48. The van der Waals surface area contributed by atoms with E-state index in [1.54, 1.807) is 0 Å². The largest absolute Gasteiger partial charge is 0.465 e. The van der Waals surface area contributed by atoms with Crippen LogP contribution in [-0.4, -0.2) is 70.0 Å². The van der Waals surface area contributed by atoms with Crippen LogP contribution in [0.5, 0.6) is 0 Å². The molecule has 0 bridgehead atoms. The molecule has 1 aromatic heterocycles. The zero-order valence-corrected chi connectivity index (χ0v) is 18.1. The van der Waals surface area contributed by atoms with Gasteiger partial charge in [0.25, 0.3) is 0 Å². The molecule has 2 N–H and O–H groups in total. The van der Waals surface area contributed by atoms with Crippen molar-refractivity contribution in [3.05, 3.63) is 23.7 Å². The summed E-state index contributed by atoms with van der Waals surface area (Å²) in [7, 11) is 0. The normalized spacial score (nSPS) is 21.6. The Bertz CT molecular complexity index is 607. The molecule has 2 aliphatic heterocycles. The quantitative estimate of drug-likeness (QED) is 0.335. The van der Waals surface area contributed by atoms with Crippen LogP contribution in [0, 0.1) is 12.8 Å². The van der Waals surface area contributed by atoms with Gasteiger partial charge in [0.15, 0.2) is 5.96 Å². The summed E-state index contributed by atoms with van der Waals surface area (Å²) in [5, 5.41) is 6.79. The summed E-state index contributed by atoms with van der Waals surface area (Å²) in [5.41, 5.74) is 0. The molecule has 1 aromatic rings. The molecule has 0 aromatic carbocycles. The third-order valence-corrected chi connectivity index (χ3v) is 5.57. The highest BCUT2D eigenvalue weighted by molar-refractivity contribution is 5.79. The minimum atomic E-state index is 0.207. The van der Waals surface area contributed by atoms with Gasteiger partial charge in [0, 0.05) is 32.2 Å². The molecule has 2 atom stereocenters.